The highest BCUT2D eigenvalue weighted by Crippen LogP contribution is 2.30. The van der Waals surface area contributed by atoms with Crippen molar-refractivity contribution >= 4 is 17.3 Å². The number of hydrogen-bond donors (Lipinski definition) is 1. The maximum atomic E-state index is 8.86. The molecule has 3 nitrogen and oxygen atoms in total. The van der Waals surface area contributed by atoms with Crippen LogP contribution in [0.5, 0.6) is 0 Å². The van der Waals surface area contributed by atoms with Gasteiger partial charge >= 0.3 is 0 Å². The monoisotopic (exact) mass is 261 g/mol. The Morgan fingerprint density at radius 1 is 1.33 bits per heavy atom. The van der Waals surface area contributed by atoms with Gasteiger partial charge in [0, 0.05) is 18.3 Å². The number of piperidine rings is 3. The minimum atomic E-state index is 0.525. The molecular formula is C14H16ClN3. The first-order valence-electron chi connectivity index (χ1n) is 6.45. The smallest absolute Gasteiger partial charge is 0.101 e. The molecule has 3 fully saturated rings. The maximum absolute atomic E-state index is 8.86. The number of nitrogens with one attached hydrogen (secondary N) is 1. The Balaban J connectivity index is 1.73. The molecule has 0 saturated carbocycles. The summed E-state index contributed by atoms with van der Waals surface area (Å²) < 4.78 is 0. The fourth-order valence-electron chi connectivity index (χ4n) is 3.04. The average molecular weight is 262 g/mol. The van der Waals surface area contributed by atoms with Crippen molar-refractivity contribution in [2.24, 2.45) is 5.92 Å². The van der Waals surface area contributed by atoms with Gasteiger partial charge in [-0.3, -0.25) is 0 Å². The summed E-state index contributed by atoms with van der Waals surface area (Å²) in [7, 11) is 0. The lowest BCUT2D eigenvalue weighted by molar-refractivity contribution is 0.0975. The van der Waals surface area contributed by atoms with Crippen molar-refractivity contribution in [3.8, 4) is 6.07 Å². The second-order valence-electron chi connectivity index (χ2n) is 5.20. The molecule has 1 aromatic rings. The van der Waals surface area contributed by atoms with Crippen LogP contribution in [0, 0.1) is 17.2 Å². The number of nitriles is 1. The van der Waals surface area contributed by atoms with Gasteiger partial charge in [-0.25, -0.2) is 0 Å². The summed E-state index contributed by atoms with van der Waals surface area (Å²) in [5, 5.41) is 13.0. The molecule has 3 heterocycles. The molecule has 4 heteroatoms. The van der Waals surface area contributed by atoms with Crippen molar-refractivity contribution in [3.05, 3.63) is 28.8 Å². The summed E-state index contributed by atoms with van der Waals surface area (Å²) in [6.45, 7) is 3.62. The van der Waals surface area contributed by atoms with Crippen LogP contribution < -0.4 is 5.32 Å². The zero-order chi connectivity index (χ0) is 12.5. The fraction of sp³-hybridized carbons (Fsp3) is 0.500. The minimum Gasteiger partial charge on any atom is -0.381 e. The van der Waals surface area contributed by atoms with E-state index in [4.69, 9.17) is 16.9 Å². The molecular weight excluding hydrogens is 246 g/mol. The van der Waals surface area contributed by atoms with Crippen LogP contribution in [0.2, 0.25) is 5.02 Å². The number of rotatable bonds is 2. The minimum absolute atomic E-state index is 0.525. The van der Waals surface area contributed by atoms with Gasteiger partial charge in [0.15, 0.2) is 0 Å². The van der Waals surface area contributed by atoms with Crippen molar-refractivity contribution in [2.45, 2.75) is 18.9 Å². The lowest BCUT2D eigenvalue weighted by Crippen LogP contribution is -2.53. The van der Waals surface area contributed by atoms with E-state index < -0.39 is 0 Å². The zero-order valence-electron chi connectivity index (χ0n) is 10.2. The third kappa shape index (κ3) is 2.19. The zero-order valence-corrected chi connectivity index (χ0v) is 11.0. The van der Waals surface area contributed by atoms with Crippen LogP contribution in [0.4, 0.5) is 5.69 Å². The second kappa shape index (κ2) is 4.79. The molecule has 2 bridgehead atoms. The molecule has 3 aliphatic heterocycles. The van der Waals surface area contributed by atoms with Crippen LogP contribution in [0.1, 0.15) is 18.4 Å². The van der Waals surface area contributed by atoms with Crippen LogP contribution in [-0.4, -0.2) is 30.6 Å². The highest BCUT2D eigenvalue weighted by Gasteiger charge is 2.33. The Bertz CT molecular complexity index is 486. The van der Waals surface area contributed by atoms with Crippen LogP contribution in [0.15, 0.2) is 18.2 Å². The van der Waals surface area contributed by atoms with Crippen LogP contribution in [0.3, 0.4) is 0 Å². The summed E-state index contributed by atoms with van der Waals surface area (Å²) in [5.74, 6) is 0.782. The molecule has 0 aromatic heterocycles. The molecule has 1 N–H and O–H groups in total. The van der Waals surface area contributed by atoms with E-state index in [-0.39, 0.29) is 0 Å². The lowest BCUT2D eigenvalue weighted by atomic mass is 9.84. The van der Waals surface area contributed by atoms with E-state index in [9.17, 15) is 0 Å². The number of benzene rings is 1. The highest BCUT2D eigenvalue weighted by molar-refractivity contribution is 6.32. The molecule has 0 aliphatic carbocycles. The quantitative estimate of drug-likeness (QED) is 0.890. The van der Waals surface area contributed by atoms with Gasteiger partial charge in [-0.2, -0.15) is 5.26 Å². The lowest BCUT2D eigenvalue weighted by Gasteiger charge is -2.45. The van der Waals surface area contributed by atoms with Gasteiger partial charge in [0.1, 0.15) is 6.07 Å². The number of hydrogen-bond acceptors (Lipinski definition) is 3. The molecule has 1 aromatic carbocycles. The van der Waals surface area contributed by atoms with Gasteiger partial charge in [-0.1, -0.05) is 11.6 Å². The normalized spacial score (nSPS) is 29.9. The van der Waals surface area contributed by atoms with Gasteiger partial charge in [0.05, 0.1) is 10.6 Å². The van der Waals surface area contributed by atoms with Crippen molar-refractivity contribution in [1.82, 2.24) is 4.90 Å². The largest absolute Gasteiger partial charge is 0.381 e. The van der Waals surface area contributed by atoms with E-state index in [1.54, 1.807) is 6.07 Å². The number of anilines is 1. The van der Waals surface area contributed by atoms with E-state index in [1.807, 2.05) is 12.1 Å². The molecule has 4 rings (SSSR count). The Morgan fingerprint density at radius 3 is 2.67 bits per heavy atom. The molecule has 1 unspecified atom stereocenters. The van der Waals surface area contributed by atoms with Crippen molar-refractivity contribution < 1.29 is 0 Å². The Hall–Kier alpha value is -1.24. The summed E-state index contributed by atoms with van der Waals surface area (Å²) in [4.78, 5) is 2.52. The molecule has 0 radical (unpaired) electrons. The van der Waals surface area contributed by atoms with Crippen molar-refractivity contribution in [1.29, 1.82) is 5.26 Å². The van der Waals surface area contributed by atoms with Crippen molar-refractivity contribution in [3.63, 3.8) is 0 Å². The maximum Gasteiger partial charge on any atom is 0.101 e. The van der Waals surface area contributed by atoms with E-state index >= 15 is 0 Å². The first kappa shape index (κ1) is 11.8. The number of nitrogens with zero attached hydrogens (tertiary/aromatic N) is 2. The molecule has 3 saturated heterocycles. The predicted molar refractivity (Wildman–Crippen MR) is 72.7 cm³/mol. The van der Waals surface area contributed by atoms with Crippen LogP contribution in [0.25, 0.3) is 0 Å². The van der Waals surface area contributed by atoms with Gasteiger partial charge < -0.3 is 10.2 Å². The molecule has 0 spiro atoms. The van der Waals surface area contributed by atoms with E-state index in [2.05, 4.69) is 16.3 Å². The Kier molecular flexibility index (Phi) is 3.15. The van der Waals surface area contributed by atoms with Gasteiger partial charge in [-0.05, 0) is 50.0 Å². The summed E-state index contributed by atoms with van der Waals surface area (Å²) in [6, 6.07) is 8.20. The fourth-order valence-corrected chi connectivity index (χ4v) is 3.26. The second-order valence-corrected chi connectivity index (χ2v) is 5.60. The Morgan fingerprint density at radius 2 is 2.11 bits per heavy atom. The third-order valence-electron chi connectivity index (χ3n) is 4.10. The molecule has 0 amide bonds. The standard InChI is InChI=1S/C14H16ClN3/c15-13-7-12(2-1-11(13)8-16)17-14-9-18-5-3-10(14)4-6-18/h1-2,7,10,14,17H,3-6,9H2. The Labute approximate surface area is 112 Å². The van der Waals surface area contributed by atoms with Crippen LogP contribution >= 0.6 is 11.6 Å². The van der Waals surface area contributed by atoms with Gasteiger partial charge in [-0.15, -0.1) is 0 Å². The number of fused-ring (bicyclic) bond motifs is 3. The summed E-state index contributed by atoms with van der Waals surface area (Å²) in [6.07, 6.45) is 2.59. The van der Waals surface area contributed by atoms with Crippen molar-refractivity contribution in [2.75, 3.05) is 25.0 Å². The molecule has 1 atom stereocenters. The first-order chi connectivity index (χ1) is 8.76. The molecule has 94 valence electrons. The molecule has 3 aliphatic rings. The number of halogens is 1. The van der Waals surface area contributed by atoms with Gasteiger partial charge in [0.2, 0.25) is 0 Å². The summed E-state index contributed by atoms with van der Waals surface area (Å²) in [5.41, 5.74) is 1.56. The highest BCUT2D eigenvalue weighted by atomic mass is 35.5. The SMILES string of the molecule is N#Cc1ccc(NC2CN3CCC2CC3)cc1Cl. The van der Waals surface area contributed by atoms with Crippen LogP contribution in [-0.2, 0) is 0 Å². The van der Waals surface area contributed by atoms with E-state index in [0.717, 1.165) is 18.2 Å². The van der Waals surface area contributed by atoms with Gasteiger partial charge in [0.25, 0.3) is 0 Å². The first-order valence-corrected chi connectivity index (χ1v) is 6.82. The predicted octanol–water partition coefficient (Wildman–Crippen LogP) is 2.72. The topological polar surface area (TPSA) is 39.1 Å². The average Bonchev–Trinajstić information content (AvgIpc) is 2.40. The van der Waals surface area contributed by atoms with E-state index in [0.29, 0.717) is 16.6 Å². The summed E-state index contributed by atoms with van der Waals surface area (Å²) >= 11 is 6.05. The van der Waals surface area contributed by atoms with E-state index in [1.165, 1.54) is 25.9 Å². The third-order valence-corrected chi connectivity index (χ3v) is 4.41. The molecule has 18 heavy (non-hydrogen) atoms.